The molecule has 4 nitrogen and oxygen atoms in total. The van der Waals surface area contributed by atoms with Crippen LogP contribution in [0.15, 0.2) is 42.5 Å². The minimum absolute atomic E-state index is 0.165. The van der Waals surface area contributed by atoms with E-state index in [1.165, 1.54) is 0 Å². The van der Waals surface area contributed by atoms with Gasteiger partial charge in [0.05, 0.1) is 5.69 Å². The van der Waals surface area contributed by atoms with Crippen molar-refractivity contribution in [3.05, 3.63) is 59.3 Å². The maximum absolute atomic E-state index is 12.3. The highest BCUT2D eigenvalue weighted by Crippen LogP contribution is 2.33. The average molecular weight is 252 g/mol. The molecular weight excluding hydrogens is 240 g/mol. The lowest BCUT2D eigenvalue weighted by atomic mass is 9.99. The third-order valence-electron chi connectivity index (χ3n) is 3.30. The van der Waals surface area contributed by atoms with Gasteiger partial charge in [0.15, 0.2) is 11.6 Å². The van der Waals surface area contributed by atoms with E-state index in [-0.39, 0.29) is 11.6 Å². The zero-order valence-electron chi connectivity index (χ0n) is 10.4. The van der Waals surface area contributed by atoms with Crippen LogP contribution in [0.5, 0.6) is 0 Å². The van der Waals surface area contributed by atoms with Crippen LogP contribution in [0.25, 0.3) is 0 Å². The smallest absolute Gasteiger partial charge is 0.180 e. The second-order valence-corrected chi connectivity index (χ2v) is 4.40. The Morgan fingerprint density at radius 3 is 2.16 bits per heavy atom. The molecule has 0 spiro atoms. The summed E-state index contributed by atoms with van der Waals surface area (Å²) in [5, 5.41) is 2.91. The number of hydrogen-bond acceptors (Lipinski definition) is 4. The molecule has 0 saturated heterocycles. The van der Waals surface area contributed by atoms with E-state index in [4.69, 9.17) is 0 Å². The maximum Gasteiger partial charge on any atom is 0.180 e. The van der Waals surface area contributed by atoms with Gasteiger partial charge in [-0.15, -0.1) is 0 Å². The highest BCUT2D eigenvalue weighted by molar-refractivity contribution is 6.29. The van der Waals surface area contributed by atoms with Gasteiger partial charge in [0.2, 0.25) is 0 Å². The predicted octanol–water partition coefficient (Wildman–Crippen LogP) is 2.29. The molecule has 1 heterocycles. The zero-order valence-corrected chi connectivity index (χ0v) is 10.4. The molecule has 94 valence electrons. The summed E-state index contributed by atoms with van der Waals surface area (Å²) in [7, 11) is 1.75. The van der Waals surface area contributed by atoms with Crippen LogP contribution in [0.1, 0.15) is 32.3 Å². The highest BCUT2D eigenvalue weighted by Gasteiger charge is 2.40. The van der Waals surface area contributed by atoms with E-state index in [1.54, 1.807) is 49.5 Å². The number of nitrogens with one attached hydrogen (secondary N) is 1. The summed E-state index contributed by atoms with van der Waals surface area (Å²) >= 11 is 0. The normalized spacial score (nSPS) is 14.6. The molecular formula is C15H12N2O2. The number of benzene rings is 1. The molecule has 0 saturated carbocycles. The summed E-state index contributed by atoms with van der Waals surface area (Å²) in [5.41, 5.74) is 1.49. The number of aromatic nitrogens is 1. The first-order valence-corrected chi connectivity index (χ1v) is 6.04. The topological polar surface area (TPSA) is 59.1 Å². The Balaban J connectivity index is 2.08. The molecule has 1 aromatic carbocycles. The van der Waals surface area contributed by atoms with Crippen LogP contribution in [-0.4, -0.2) is 23.6 Å². The van der Waals surface area contributed by atoms with Crippen molar-refractivity contribution in [2.24, 2.45) is 0 Å². The number of ketones is 2. The monoisotopic (exact) mass is 252 g/mol. The van der Waals surface area contributed by atoms with Crippen LogP contribution in [0, 0.1) is 0 Å². The third-order valence-corrected chi connectivity index (χ3v) is 3.30. The number of rotatable bonds is 2. The first-order chi connectivity index (χ1) is 9.22. The molecule has 0 unspecified atom stereocenters. The first kappa shape index (κ1) is 11.6. The van der Waals surface area contributed by atoms with Crippen molar-refractivity contribution in [1.82, 2.24) is 4.98 Å². The Morgan fingerprint density at radius 2 is 1.58 bits per heavy atom. The SMILES string of the molecule is CNc1cccc(C2C(=O)c3ccccc3C2=O)n1. The molecule has 0 aliphatic heterocycles. The Bertz CT molecular complexity index is 644. The van der Waals surface area contributed by atoms with Crippen LogP contribution in [0.4, 0.5) is 5.82 Å². The van der Waals surface area contributed by atoms with Gasteiger partial charge < -0.3 is 5.32 Å². The van der Waals surface area contributed by atoms with E-state index in [0.29, 0.717) is 22.6 Å². The van der Waals surface area contributed by atoms with Gasteiger partial charge in [0.25, 0.3) is 0 Å². The number of pyridine rings is 1. The van der Waals surface area contributed by atoms with Gasteiger partial charge in [-0.1, -0.05) is 30.3 Å². The van der Waals surface area contributed by atoms with Gasteiger partial charge in [-0.3, -0.25) is 9.59 Å². The lowest BCUT2D eigenvalue weighted by molar-refractivity contribution is 0.0888. The predicted molar refractivity (Wildman–Crippen MR) is 71.6 cm³/mol. The number of carbonyl (C=O) groups is 2. The highest BCUT2D eigenvalue weighted by atomic mass is 16.2. The largest absolute Gasteiger partial charge is 0.373 e. The van der Waals surface area contributed by atoms with Gasteiger partial charge in [-0.25, -0.2) is 4.98 Å². The minimum Gasteiger partial charge on any atom is -0.373 e. The number of nitrogens with zero attached hydrogens (tertiary/aromatic N) is 1. The third kappa shape index (κ3) is 1.73. The van der Waals surface area contributed by atoms with E-state index in [0.717, 1.165) is 0 Å². The van der Waals surface area contributed by atoms with E-state index in [9.17, 15) is 9.59 Å². The van der Waals surface area contributed by atoms with Gasteiger partial charge in [-0.2, -0.15) is 0 Å². The molecule has 1 aromatic heterocycles. The Labute approximate surface area is 110 Å². The van der Waals surface area contributed by atoms with Crippen LogP contribution in [-0.2, 0) is 0 Å². The van der Waals surface area contributed by atoms with Gasteiger partial charge in [0, 0.05) is 18.2 Å². The summed E-state index contributed by atoms with van der Waals surface area (Å²) in [4.78, 5) is 29.0. The summed E-state index contributed by atoms with van der Waals surface area (Å²) in [6.07, 6.45) is 0. The Kier molecular flexibility index (Phi) is 2.63. The fraction of sp³-hybridized carbons (Fsp3) is 0.133. The summed E-state index contributed by atoms with van der Waals surface area (Å²) in [5.74, 6) is -0.484. The second kappa shape index (κ2) is 4.31. The lowest BCUT2D eigenvalue weighted by Crippen LogP contribution is -2.14. The zero-order chi connectivity index (χ0) is 13.4. The van der Waals surface area contributed by atoms with Crippen molar-refractivity contribution in [2.45, 2.75) is 5.92 Å². The van der Waals surface area contributed by atoms with Gasteiger partial charge in [-0.05, 0) is 12.1 Å². The van der Waals surface area contributed by atoms with E-state index >= 15 is 0 Å². The molecule has 19 heavy (non-hydrogen) atoms. The van der Waals surface area contributed by atoms with E-state index in [2.05, 4.69) is 10.3 Å². The molecule has 0 amide bonds. The van der Waals surface area contributed by atoms with Crippen molar-refractivity contribution in [2.75, 3.05) is 12.4 Å². The number of Topliss-reactive ketones (excluding diaryl/α,β-unsaturated/α-hetero) is 2. The molecule has 0 atom stereocenters. The Hall–Kier alpha value is -2.49. The van der Waals surface area contributed by atoms with Gasteiger partial charge >= 0.3 is 0 Å². The van der Waals surface area contributed by atoms with Crippen molar-refractivity contribution in [1.29, 1.82) is 0 Å². The fourth-order valence-electron chi connectivity index (χ4n) is 2.36. The molecule has 4 heteroatoms. The quantitative estimate of drug-likeness (QED) is 0.833. The second-order valence-electron chi connectivity index (χ2n) is 4.40. The lowest BCUT2D eigenvalue weighted by Gasteiger charge is -2.08. The van der Waals surface area contributed by atoms with Crippen molar-refractivity contribution >= 4 is 17.4 Å². The standard InChI is InChI=1S/C15H12N2O2/c1-16-12-8-4-7-11(17-12)13-14(18)9-5-2-3-6-10(9)15(13)19/h2-8,13H,1H3,(H,16,17). The number of anilines is 1. The van der Waals surface area contributed by atoms with Crippen LogP contribution >= 0.6 is 0 Å². The van der Waals surface area contributed by atoms with Crippen molar-refractivity contribution in [3.8, 4) is 0 Å². The molecule has 0 radical (unpaired) electrons. The van der Waals surface area contributed by atoms with Crippen LogP contribution in [0.2, 0.25) is 0 Å². The Morgan fingerprint density at radius 1 is 0.947 bits per heavy atom. The number of carbonyl (C=O) groups excluding carboxylic acids is 2. The minimum atomic E-state index is -0.800. The summed E-state index contributed by atoms with van der Waals surface area (Å²) in [6.45, 7) is 0. The molecule has 3 rings (SSSR count). The molecule has 0 fully saturated rings. The molecule has 2 aromatic rings. The molecule has 0 bridgehead atoms. The number of fused-ring (bicyclic) bond motifs is 1. The van der Waals surface area contributed by atoms with E-state index < -0.39 is 5.92 Å². The maximum atomic E-state index is 12.3. The van der Waals surface area contributed by atoms with E-state index in [1.807, 2.05) is 0 Å². The molecule has 1 N–H and O–H groups in total. The number of hydrogen-bond donors (Lipinski definition) is 1. The summed E-state index contributed by atoms with van der Waals surface area (Å²) < 4.78 is 0. The van der Waals surface area contributed by atoms with Gasteiger partial charge in [0.1, 0.15) is 11.7 Å². The first-order valence-electron chi connectivity index (χ1n) is 6.04. The summed E-state index contributed by atoms with van der Waals surface area (Å²) in [6, 6.07) is 12.2. The molecule has 1 aliphatic rings. The van der Waals surface area contributed by atoms with Crippen molar-refractivity contribution in [3.63, 3.8) is 0 Å². The molecule has 1 aliphatic carbocycles. The average Bonchev–Trinajstić information content (AvgIpc) is 2.72. The van der Waals surface area contributed by atoms with Crippen LogP contribution < -0.4 is 5.32 Å². The van der Waals surface area contributed by atoms with Crippen molar-refractivity contribution < 1.29 is 9.59 Å². The van der Waals surface area contributed by atoms with Crippen LogP contribution in [0.3, 0.4) is 0 Å². The fourth-order valence-corrected chi connectivity index (χ4v) is 2.36.